The summed E-state index contributed by atoms with van der Waals surface area (Å²) in [6.07, 6.45) is 6.40. The van der Waals surface area contributed by atoms with E-state index in [9.17, 15) is 13.2 Å². The number of aromatic nitrogens is 2. The van der Waals surface area contributed by atoms with Crippen molar-refractivity contribution in [2.24, 2.45) is 5.92 Å². The normalized spacial score (nSPS) is 17.1. The van der Waals surface area contributed by atoms with Gasteiger partial charge in [-0.25, -0.2) is 8.42 Å². The zero-order valence-corrected chi connectivity index (χ0v) is 18.0. The Morgan fingerprint density at radius 2 is 2.17 bits per heavy atom. The standard InChI is InChI=1S/C21H28N4O4S/c1-2-24-15-19(13-23-24)30(27,28)25-9-10-29-20-7-5-16(11-18(20)14-25)6-8-21(26)22-12-17-3-4-17/h5,7,11,13,15,17H,2-4,6,8-10,12,14H2,1H3,(H,22,26). The summed E-state index contributed by atoms with van der Waals surface area (Å²) in [6.45, 7) is 4.09. The molecule has 0 spiro atoms. The largest absolute Gasteiger partial charge is 0.492 e. The Balaban J connectivity index is 1.44. The van der Waals surface area contributed by atoms with E-state index < -0.39 is 10.0 Å². The van der Waals surface area contributed by atoms with Gasteiger partial charge in [-0.1, -0.05) is 12.1 Å². The van der Waals surface area contributed by atoms with Crippen LogP contribution in [0.1, 0.15) is 37.3 Å². The maximum atomic E-state index is 13.1. The van der Waals surface area contributed by atoms with E-state index in [0.29, 0.717) is 31.1 Å². The topological polar surface area (TPSA) is 93.5 Å². The van der Waals surface area contributed by atoms with Crippen LogP contribution in [0.4, 0.5) is 0 Å². The summed E-state index contributed by atoms with van der Waals surface area (Å²) in [7, 11) is -3.66. The first-order chi connectivity index (χ1) is 14.5. The number of aryl methyl sites for hydroxylation is 2. The van der Waals surface area contributed by atoms with Crippen molar-refractivity contribution in [3.63, 3.8) is 0 Å². The van der Waals surface area contributed by atoms with E-state index in [1.807, 2.05) is 25.1 Å². The predicted molar refractivity (Wildman–Crippen MR) is 111 cm³/mol. The minimum atomic E-state index is -3.66. The number of nitrogens with one attached hydrogen (secondary N) is 1. The van der Waals surface area contributed by atoms with E-state index in [1.165, 1.54) is 23.3 Å². The molecule has 2 aliphatic rings. The zero-order chi connectivity index (χ0) is 21.1. The summed E-state index contributed by atoms with van der Waals surface area (Å²) in [4.78, 5) is 12.2. The van der Waals surface area contributed by atoms with Gasteiger partial charge < -0.3 is 10.1 Å². The fourth-order valence-corrected chi connectivity index (χ4v) is 4.87. The van der Waals surface area contributed by atoms with Gasteiger partial charge in [-0.05, 0) is 43.7 Å². The molecule has 0 bridgehead atoms. The molecule has 2 aromatic rings. The molecule has 0 radical (unpaired) electrons. The van der Waals surface area contributed by atoms with Gasteiger partial charge in [0.25, 0.3) is 0 Å². The van der Waals surface area contributed by atoms with Crippen LogP contribution in [0.3, 0.4) is 0 Å². The van der Waals surface area contributed by atoms with E-state index in [1.54, 1.807) is 10.9 Å². The molecule has 1 aromatic heterocycles. The molecule has 1 fully saturated rings. The van der Waals surface area contributed by atoms with Crippen LogP contribution >= 0.6 is 0 Å². The van der Waals surface area contributed by atoms with Crippen LogP contribution in [-0.4, -0.2) is 48.1 Å². The Bertz CT molecular complexity index is 1010. The van der Waals surface area contributed by atoms with Crippen LogP contribution in [0.15, 0.2) is 35.5 Å². The van der Waals surface area contributed by atoms with Gasteiger partial charge in [0.15, 0.2) is 0 Å². The molecule has 0 unspecified atom stereocenters. The molecule has 1 N–H and O–H groups in total. The Hall–Kier alpha value is -2.39. The lowest BCUT2D eigenvalue weighted by Gasteiger charge is -2.18. The number of carbonyl (C=O) groups is 1. The molecular weight excluding hydrogens is 404 g/mol. The van der Waals surface area contributed by atoms with Crippen LogP contribution in [0.5, 0.6) is 5.75 Å². The van der Waals surface area contributed by atoms with E-state index in [-0.39, 0.29) is 30.5 Å². The summed E-state index contributed by atoms with van der Waals surface area (Å²) in [5.74, 6) is 1.42. The van der Waals surface area contributed by atoms with E-state index >= 15 is 0 Å². The van der Waals surface area contributed by atoms with Crippen LogP contribution in [0, 0.1) is 5.92 Å². The van der Waals surface area contributed by atoms with Gasteiger partial charge in [0.05, 0.1) is 6.20 Å². The molecule has 1 amide bonds. The third kappa shape index (κ3) is 4.84. The predicted octanol–water partition coefficient (Wildman–Crippen LogP) is 1.95. The van der Waals surface area contributed by atoms with Crippen LogP contribution in [-0.2, 0) is 34.3 Å². The SMILES string of the molecule is CCn1cc(S(=O)(=O)N2CCOc3ccc(CCC(=O)NCC4CC4)cc3C2)cn1. The average Bonchev–Trinajstić information content (AvgIpc) is 3.48. The van der Waals surface area contributed by atoms with Crippen molar-refractivity contribution < 1.29 is 17.9 Å². The van der Waals surface area contributed by atoms with Gasteiger partial charge in [0.2, 0.25) is 15.9 Å². The summed E-state index contributed by atoms with van der Waals surface area (Å²) < 4.78 is 35.0. The molecule has 9 heteroatoms. The van der Waals surface area contributed by atoms with E-state index in [4.69, 9.17) is 4.74 Å². The van der Waals surface area contributed by atoms with Crippen LogP contribution in [0.2, 0.25) is 0 Å². The van der Waals surface area contributed by atoms with Crippen molar-refractivity contribution in [3.8, 4) is 5.75 Å². The lowest BCUT2D eigenvalue weighted by Crippen LogP contribution is -2.32. The lowest BCUT2D eigenvalue weighted by molar-refractivity contribution is -0.121. The monoisotopic (exact) mass is 432 g/mol. The minimum absolute atomic E-state index is 0.0604. The van der Waals surface area contributed by atoms with Gasteiger partial charge in [0, 0.05) is 44.4 Å². The Morgan fingerprint density at radius 1 is 1.33 bits per heavy atom. The van der Waals surface area contributed by atoms with Gasteiger partial charge in [-0.15, -0.1) is 0 Å². The number of amides is 1. The van der Waals surface area contributed by atoms with Crippen molar-refractivity contribution in [2.75, 3.05) is 19.7 Å². The second kappa shape index (κ2) is 8.77. The Labute approximate surface area is 177 Å². The highest BCUT2D eigenvalue weighted by Gasteiger charge is 2.29. The number of fused-ring (bicyclic) bond motifs is 1. The fourth-order valence-electron chi connectivity index (χ4n) is 3.51. The Kier molecular flexibility index (Phi) is 6.10. The molecule has 162 valence electrons. The van der Waals surface area contributed by atoms with Crippen molar-refractivity contribution in [3.05, 3.63) is 41.7 Å². The molecular formula is C21H28N4O4S. The van der Waals surface area contributed by atoms with Gasteiger partial charge in [-0.3, -0.25) is 9.48 Å². The highest BCUT2D eigenvalue weighted by atomic mass is 32.2. The maximum absolute atomic E-state index is 13.1. The Morgan fingerprint density at radius 3 is 2.90 bits per heavy atom. The van der Waals surface area contributed by atoms with Crippen molar-refractivity contribution in [2.45, 2.75) is 50.6 Å². The minimum Gasteiger partial charge on any atom is -0.492 e. The van der Waals surface area contributed by atoms with Crippen LogP contribution in [0.25, 0.3) is 0 Å². The number of rotatable bonds is 8. The molecule has 0 atom stereocenters. The number of hydrogen-bond donors (Lipinski definition) is 1. The van der Waals surface area contributed by atoms with Gasteiger partial charge in [0.1, 0.15) is 17.3 Å². The van der Waals surface area contributed by atoms with E-state index in [2.05, 4.69) is 10.4 Å². The molecule has 0 saturated heterocycles. The van der Waals surface area contributed by atoms with Gasteiger partial charge in [-0.2, -0.15) is 9.40 Å². The molecule has 1 aromatic carbocycles. The summed E-state index contributed by atoms with van der Waals surface area (Å²) in [6, 6.07) is 5.77. The first kappa shape index (κ1) is 20.9. The smallest absolute Gasteiger partial charge is 0.246 e. The quantitative estimate of drug-likeness (QED) is 0.688. The number of carbonyl (C=O) groups excluding carboxylic acids is 1. The van der Waals surface area contributed by atoms with Crippen molar-refractivity contribution in [1.82, 2.24) is 19.4 Å². The molecule has 2 heterocycles. The summed E-state index contributed by atoms with van der Waals surface area (Å²) >= 11 is 0. The molecule has 8 nitrogen and oxygen atoms in total. The lowest BCUT2D eigenvalue weighted by atomic mass is 10.1. The van der Waals surface area contributed by atoms with E-state index in [0.717, 1.165) is 17.7 Å². The summed E-state index contributed by atoms with van der Waals surface area (Å²) in [5, 5.41) is 7.07. The second-order valence-electron chi connectivity index (χ2n) is 7.91. The molecule has 1 aliphatic carbocycles. The number of ether oxygens (including phenoxy) is 1. The highest BCUT2D eigenvalue weighted by Crippen LogP contribution is 2.29. The highest BCUT2D eigenvalue weighted by molar-refractivity contribution is 7.89. The fraction of sp³-hybridized carbons (Fsp3) is 0.524. The molecule has 1 saturated carbocycles. The van der Waals surface area contributed by atoms with Crippen LogP contribution < -0.4 is 10.1 Å². The van der Waals surface area contributed by atoms with Gasteiger partial charge >= 0.3 is 0 Å². The third-order valence-corrected chi connectivity index (χ3v) is 7.36. The number of benzene rings is 1. The van der Waals surface area contributed by atoms with Crippen molar-refractivity contribution >= 4 is 15.9 Å². The van der Waals surface area contributed by atoms with Crippen molar-refractivity contribution in [1.29, 1.82) is 0 Å². The number of nitrogens with zero attached hydrogens (tertiary/aromatic N) is 3. The average molecular weight is 433 g/mol. The maximum Gasteiger partial charge on any atom is 0.246 e. The molecule has 1 aliphatic heterocycles. The third-order valence-electron chi connectivity index (χ3n) is 5.57. The number of hydrogen-bond acceptors (Lipinski definition) is 5. The first-order valence-electron chi connectivity index (χ1n) is 10.5. The zero-order valence-electron chi connectivity index (χ0n) is 17.2. The second-order valence-corrected chi connectivity index (χ2v) is 9.85. The number of sulfonamides is 1. The molecule has 4 rings (SSSR count). The summed E-state index contributed by atoms with van der Waals surface area (Å²) in [5.41, 5.74) is 1.81. The first-order valence-corrected chi connectivity index (χ1v) is 11.9. The molecule has 30 heavy (non-hydrogen) atoms.